The lowest BCUT2D eigenvalue weighted by Crippen LogP contribution is -2.26. The summed E-state index contributed by atoms with van der Waals surface area (Å²) >= 11 is 1.65. The summed E-state index contributed by atoms with van der Waals surface area (Å²) in [5, 5.41) is 0.967. The second-order valence-electron chi connectivity index (χ2n) is 7.54. The number of anilines is 1. The zero-order valence-electron chi connectivity index (χ0n) is 19.3. The number of aromatic nitrogens is 4. The molecule has 0 N–H and O–H groups in total. The highest BCUT2D eigenvalue weighted by molar-refractivity contribution is 7.18. The zero-order valence-corrected chi connectivity index (χ0v) is 20.2. The van der Waals surface area contributed by atoms with Crippen molar-refractivity contribution >= 4 is 22.7 Å². The maximum Gasteiger partial charge on any atom is 0.154 e. The molecule has 0 spiro atoms. The fourth-order valence-electron chi connectivity index (χ4n) is 3.38. The third-order valence-electron chi connectivity index (χ3n) is 5.04. The molecule has 3 aromatic heterocycles. The van der Waals surface area contributed by atoms with Crippen molar-refractivity contribution in [3.8, 4) is 21.1 Å². The van der Waals surface area contributed by atoms with Gasteiger partial charge in [-0.15, -0.1) is 17.9 Å². The monoisotopic (exact) mass is 449 g/mol. The van der Waals surface area contributed by atoms with E-state index in [4.69, 9.17) is 15.0 Å². The van der Waals surface area contributed by atoms with Gasteiger partial charge in [-0.2, -0.15) is 0 Å². The summed E-state index contributed by atoms with van der Waals surface area (Å²) in [5.74, 6) is 0.974. The van der Waals surface area contributed by atoms with Crippen LogP contribution < -0.4 is 4.90 Å². The summed E-state index contributed by atoms with van der Waals surface area (Å²) in [6.07, 6.45) is 12.8. The number of hydrogen-bond acceptors (Lipinski definition) is 7. The summed E-state index contributed by atoms with van der Waals surface area (Å²) in [6, 6.07) is 3.97. The second kappa shape index (κ2) is 11.6. The molecule has 168 valence electrons. The number of methoxy groups -OCH3 is 1. The number of rotatable bonds is 6. The summed E-state index contributed by atoms with van der Waals surface area (Å²) < 4.78 is 4.57. The minimum atomic E-state index is 0.653. The van der Waals surface area contributed by atoms with Gasteiger partial charge in [0.1, 0.15) is 16.4 Å². The van der Waals surface area contributed by atoms with Crippen molar-refractivity contribution in [1.29, 1.82) is 0 Å². The Morgan fingerprint density at radius 3 is 2.78 bits per heavy atom. The molecule has 0 fully saturated rings. The fraction of sp³-hybridized carbons (Fsp3) is 0.360. The number of pyridine rings is 1. The third-order valence-corrected chi connectivity index (χ3v) is 6.27. The van der Waals surface area contributed by atoms with Gasteiger partial charge in [-0.05, 0) is 37.5 Å². The first-order valence-corrected chi connectivity index (χ1v) is 11.7. The topological polar surface area (TPSA) is 64.0 Å². The van der Waals surface area contributed by atoms with E-state index in [9.17, 15) is 0 Å². The van der Waals surface area contributed by atoms with E-state index in [-0.39, 0.29) is 0 Å². The molecule has 0 amide bonds. The Kier molecular flexibility index (Phi) is 8.64. The van der Waals surface area contributed by atoms with Crippen molar-refractivity contribution in [2.24, 2.45) is 0 Å². The maximum absolute atomic E-state index is 5.02. The highest BCUT2D eigenvalue weighted by Gasteiger charge is 2.22. The fourth-order valence-corrected chi connectivity index (χ4v) is 4.39. The van der Waals surface area contributed by atoms with Crippen molar-refractivity contribution in [3.63, 3.8) is 0 Å². The van der Waals surface area contributed by atoms with Crippen LogP contribution in [0.25, 0.3) is 26.7 Å². The van der Waals surface area contributed by atoms with Gasteiger partial charge in [-0.3, -0.25) is 4.98 Å². The van der Waals surface area contributed by atoms with Crippen molar-refractivity contribution in [3.05, 3.63) is 60.8 Å². The van der Waals surface area contributed by atoms with E-state index in [1.165, 1.54) is 5.57 Å². The van der Waals surface area contributed by atoms with Gasteiger partial charge < -0.3 is 9.64 Å². The highest BCUT2D eigenvalue weighted by Crippen LogP contribution is 2.37. The van der Waals surface area contributed by atoms with E-state index >= 15 is 0 Å². The summed E-state index contributed by atoms with van der Waals surface area (Å²) in [6.45, 7) is 9.30. The molecule has 7 heteroatoms. The number of unbranched alkanes of at least 4 members (excludes halogenated alkanes) is 1. The third kappa shape index (κ3) is 5.66. The van der Waals surface area contributed by atoms with Gasteiger partial charge >= 0.3 is 0 Å². The highest BCUT2D eigenvalue weighted by atomic mass is 32.1. The van der Waals surface area contributed by atoms with E-state index in [2.05, 4.69) is 41.2 Å². The maximum atomic E-state index is 5.02. The summed E-state index contributed by atoms with van der Waals surface area (Å²) in [4.78, 5) is 22.0. The Balaban J connectivity index is 0.000000523. The standard InChI is InChI=1S/C21H23N5S.C4H8O/c1-4-5-7-15-9-11-26(3)20-18(15)25-17(13-23-20)19-14(2)24-21(27-19)16-8-6-10-22-12-16;1-3-4-5-2/h6-8,10,12-13H,4-5,9,11H2,1-3H3;3H,1,4H2,2H3/b15-7+;. The van der Waals surface area contributed by atoms with Crippen molar-refractivity contribution < 1.29 is 4.74 Å². The molecular formula is C25H31N5OS. The first kappa shape index (κ1) is 23.8. The zero-order chi connectivity index (χ0) is 22.9. The Morgan fingerprint density at radius 1 is 1.28 bits per heavy atom. The van der Waals surface area contributed by atoms with E-state index in [1.807, 2.05) is 31.5 Å². The molecule has 1 aliphatic rings. The number of ether oxygens (including phenoxy) is 1. The molecule has 6 nitrogen and oxygen atoms in total. The number of aryl methyl sites for hydroxylation is 1. The molecule has 32 heavy (non-hydrogen) atoms. The lowest BCUT2D eigenvalue weighted by atomic mass is 10.0. The first-order valence-electron chi connectivity index (χ1n) is 10.8. The van der Waals surface area contributed by atoms with Gasteiger partial charge in [0.15, 0.2) is 5.82 Å². The van der Waals surface area contributed by atoms with E-state index in [0.717, 1.165) is 64.2 Å². The molecule has 0 unspecified atom stereocenters. The van der Waals surface area contributed by atoms with Crippen LogP contribution in [0.3, 0.4) is 0 Å². The normalized spacial score (nSPS) is 14.0. The van der Waals surface area contributed by atoms with Crippen LogP contribution in [0.1, 0.15) is 37.6 Å². The predicted molar refractivity (Wildman–Crippen MR) is 134 cm³/mol. The van der Waals surface area contributed by atoms with Crippen molar-refractivity contribution in [2.45, 2.75) is 33.1 Å². The van der Waals surface area contributed by atoms with Crippen LogP contribution in [-0.4, -0.2) is 47.2 Å². The molecular weight excluding hydrogens is 418 g/mol. The Bertz CT molecular complexity index is 1060. The average molecular weight is 450 g/mol. The van der Waals surface area contributed by atoms with Gasteiger partial charge in [0.25, 0.3) is 0 Å². The molecule has 4 rings (SSSR count). The Labute approximate surface area is 194 Å². The number of hydrogen-bond donors (Lipinski definition) is 0. The Morgan fingerprint density at radius 2 is 2.12 bits per heavy atom. The summed E-state index contributed by atoms with van der Waals surface area (Å²) in [7, 11) is 3.73. The van der Waals surface area contributed by atoms with Gasteiger partial charge in [-0.25, -0.2) is 15.0 Å². The minimum absolute atomic E-state index is 0.653. The Hall–Kier alpha value is -2.90. The molecule has 0 aromatic carbocycles. The number of thiazole rings is 1. The van der Waals surface area contributed by atoms with Gasteiger partial charge in [0.05, 0.1) is 23.4 Å². The van der Waals surface area contributed by atoms with Crippen LogP contribution >= 0.6 is 11.3 Å². The molecule has 0 atom stereocenters. The number of fused-ring (bicyclic) bond motifs is 1. The van der Waals surface area contributed by atoms with Crippen molar-refractivity contribution in [2.75, 3.05) is 32.2 Å². The number of allylic oxidation sites excluding steroid dienone is 1. The van der Waals surface area contributed by atoms with Crippen molar-refractivity contribution in [1.82, 2.24) is 19.9 Å². The van der Waals surface area contributed by atoms with Crippen LogP contribution in [0.5, 0.6) is 0 Å². The molecule has 1 aliphatic heterocycles. The number of nitrogens with zero attached hydrogens (tertiary/aromatic N) is 5. The van der Waals surface area contributed by atoms with Crippen LogP contribution in [-0.2, 0) is 4.74 Å². The smallest absolute Gasteiger partial charge is 0.154 e. The quantitative estimate of drug-likeness (QED) is 0.442. The van der Waals surface area contributed by atoms with Crippen LogP contribution in [0, 0.1) is 6.92 Å². The lowest BCUT2D eigenvalue weighted by Gasteiger charge is -2.27. The van der Waals surface area contributed by atoms with Gasteiger partial charge in [-0.1, -0.05) is 25.5 Å². The van der Waals surface area contributed by atoms with E-state index in [0.29, 0.717) is 6.61 Å². The van der Waals surface area contributed by atoms with Crippen LogP contribution in [0.4, 0.5) is 5.82 Å². The molecule has 3 aromatic rings. The van der Waals surface area contributed by atoms with Crippen LogP contribution in [0.2, 0.25) is 0 Å². The first-order chi connectivity index (χ1) is 15.6. The van der Waals surface area contributed by atoms with Gasteiger partial charge in [0.2, 0.25) is 0 Å². The van der Waals surface area contributed by atoms with Gasteiger partial charge in [0, 0.05) is 38.7 Å². The molecule has 4 heterocycles. The predicted octanol–water partition coefficient (Wildman–Crippen LogP) is 5.81. The molecule has 0 saturated carbocycles. The molecule has 0 radical (unpaired) electrons. The SMILES string of the molecule is C=CCOC.CCC/C=C1\CCN(C)c2ncc(-c3sc(-c4cccnc4)nc3C)nc21. The molecule has 0 aliphatic carbocycles. The summed E-state index contributed by atoms with van der Waals surface area (Å²) in [5.41, 5.74) is 5.25. The molecule has 0 saturated heterocycles. The second-order valence-corrected chi connectivity index (χ2v) is 8.54. The largest absolute Gasteiger partial charge is 0.381 e. The van der Waals surface area contributed by atoms with E-state index < -0.39 is 0 Å². The molecule has 0 bridgehead atoms. The van der Waals surface area contributed by atoms with E-state index in [1.54, 1.807) is 30.7 Å². The average Bonchev–Trinajstić information content (AvgIpc) is 3.22. The minimum Gasteiger partial charge on any atom is -0.381 e. The lowest BCUT2D eigenvalue weighted by molar-refractivity contribution is 0.234. The van der Waals surface area contributed by atoms with Crippen LogP contribution in [0.15, 0.2) is 49.5 Å².